The van der Waals surface area contributed by atoms with Crippen molar-refractivity contribution in [2.75, 3.05) is 26.1 Å². The van der Waals surface area contributed by atoms with Gasteiger partial charge in [0.15, 0.2) is 0 Å². The van der Waals surface area contributed by atoms with E-state index in [9.17, 15) is 9.59 Å². The van der Waals surface area contributed by atoms with Crippen LogP contribution < -0.4 is 14.8 Å². The molecular formula is C32H27N3O4. The number of nitrogens with one attached hydrogen (secondary N) is 2. The van der Waals surface area contributed by atoms with Crippen LogP contribution in [0.4, 0.5) is 5.69 Å². The third-order valence-electron chi connectivity index (χ3n) is 7.14. The third kappa shape index (κ3) is 4.28. The van der Waals surface area contributed by atoms with Gasteiger partial charge in [-0.3, -0.25) is 9.59 Å². The van der Waals surface area contributed by atoms with Crippen LogP contribution in [0.2, 0.25) is 0 Å². The molecule has 0 radical (unpaired) electrons. The average Bonchev–Trinajstić information content (AvgIpc) is 3.48. The molecule has 0 saturated heterocycles. The number of amides is 2. The molecule has 1 aromatic heterocycles. The van der Waals surface area contributed by atoms with Crippen molar-refractivity contribution >= 4 is 28.4 Å². The minimum absolute atomic E-state index is 0.147. The first kappa shape index (κ1) is 24.3. The Kier molecular flexibility index (Phi) is 6.25. The summed E-state index contributed by atoms with van der Waals surface area (Å²) in [6, 6.07) is 30.4. The molecule has 7 nitrogen and oxygen atoms in total. The second kappa shape index (κ2) is 10.0. The zero-order chi connectivity index (χ0) is 26.9. The van der Waals surface area contributed by atoms with Gasteiger partial charge in [-0.1, -0.05) is 66.7 Å². The highest BCUT2D eigenvalue weighted by atomic mass is 16.5. The van der Waals surface area contributed by atoms with Gasteiger partial charge in [0.2, 0.25) is 5.91 Å². The van der Waals surface area contributed by atoms with E-state index < -0.39 is 6.04 Å². The van der Waals surface area contributed by atoms with Crippen LogP contribution in [-0.4, -0.2) is 42.5 Å². The Bertz CT molecular complexity index is 1690. The summed E-state index contributed by atoms with van der Waals surface area (Å²) in [5.74, 6) is 0.557. The average molecular weight is 518 g/mol. The lowest BCUT2D eigenvalue weighted by Gasteiger charge is -2.26. The van der Waals surface area contributed by atoms with E-state index in [-0.39, 0.29) is 18.4 Å². The van der Waals surface area contributed by atoms with Crippen LogP contribution in [0.5, 0.6) is 11.5 Å². The zero-order valence-corrected chi connectivity index (χ0v) is 21.6. The molecule has 1 aliphatic heterocycles. The first-order valence-electron chi connectivity index (χ1n) is 12.7. The number of anilines is 1. The van der Waals surface area contributed by atoms with Crippen molar-refractivity contribution in [1.29, 1.82) is 0 Å². The monoisotopic (exact) mass is 517 g/mol. The number of ether oxygens (including phenoxy) is 2. The number of aromatic nitrogens is 1. The van der Waals surface area contributed by atoms with Crippen molar-refractivity contribution < 1.29 is 19.1 Å². The number of H-pyrrole nitrogens is 1. The van der Waals surface area contributed by atoms with Crippen LogP contribution in [0.15, 0.2) is 97.1 Å². The summed E-state index contributed by atoms with van der Waals surface area (Å²) in [5.41, 5.74) is 5.79. The van der Waals surface area contributed by atoms with E-state index in [1.165, 1.54) is 7.11 Å². The largest absolute Gasteiger partial charge is 0.497 e. The molecule has 4 aromatic carbocycles. The molecule has 194 valence electrons. The van der Waals surface area contributed by atoms with E-state index in [4.69, 9.17) is 9.47 Å². The molecule has 6 rings (SSSR count). The van der Waals surface area contributed by atoms with Crippen molar-refractivity contribution in [3.63, 3.8) is 0 Å². The van der Waals surface area contributed by atoms with Crippen molar-refractivity contribution in [3.05, 3.63) is 114 Å². The predicted octanol–water partition coefficient (Wildman–Crippen LogP) is 6.04. The molecule has 2 N–H and O–H groups in total. The molecule has 2 amide bonds. The molecule has 0 saturated carbocycles. The van der Waals surface area contributed by atoms with Crippen molar-refractivity contribution in [2.45, 2.75) is 6.04 Å². The maximum Gasteiger partial charge on any atom is 0.255 e. The first-order chi connectivity index (χ1) is 19.1. The van der Waals surface area contributed by atoms with Crippen LogP contribution in [0.1, 0.15) is 27.5 Å². The van der Waals surface area contributed by atoms with E-state index in [0.717, 1.165) is 33.3 Å². The van der Waals surface area contributed by atoms with Crippen LogP contribution in [0, 0.1) is 0 Å². The summed E-state index contributed by atoms with van der Waals surface area (Å²) < 4.78 is 10.7. The van der Waals surface area contributed by atoms with Gasteiger partial charge in [-0.15, -0.1) is 0 Å². The van der Waals surface area contributed by atoms with Crippen LogP contribution in [-0.2, 0) is 4.79 Å². The maximum absolute atomic E-state index is 13.8. The SMILES string of the molecule is COc1ccc(OC)c(NC(=O)CN2C(=O)c3ccccc3C2c2c(-c3ccccc3)[nH]c3ccccc23)c1. The van der Waals surface area contributed by atoms with Gasteiger partial charge in [-0.2, -0.15) is 0 Å². The molecule has 0 spiro atoms. The number of carbonyl (C=O) groups is 2. The molecule has 0 bridgehead atoms. The number of benzene rings is 4. The fourth-order valence-electron chi connectivity index (χ4n) is 5.38. The standard InChI is InChI=1S/C32H27N3O4/c1-38-21-16-17-27(39-2)26(18-21)33-28(36)19-35-31(22-12-6-7-13-23(22)32(35)37)29-24-14-8-9-15-25(24)34-30(29)20-10-4-3-5-11-20/h3-18,31,34H,19H2,1-2H3,(H,33,36). The predicted molar refractivity (Wildman–Crippen MR) is 151 cm³/mol. The van der Waals surface area contributed by atoms with Gasteiger partial charge in [0, 0.05) is 28.1 Å². The van der Waals surface area contributed by atoms with Crippen LogP contribution in [0.3, 0.4) is 0 Å². The molecule has 7 heteroatoms. The van der Waals surface area contributed by atoms with E-state index in [0.29, 0.717) is 22.7 Å². The van der Waals surface area contributed by atoms with Gasteiger partial charge in [0.05, 0.1) is 31.6 Å². The van der Waals surface area contributed by atoms with Crippen LogP contribution >= 0.6 is 0 Å². The van der Waals surface area contributed by atoms with Gasteiger partial charge in [-0.25, -0.2) is 0 Å². The van der Waals surface area contributed by atoms with Gasteiger partial charge < -0.3 is 24.7 Å². The second-order valence-electron chi connectivity index (χ2n) is 9.36. The molecule has 0 fully saturated rings. The number of carbonyl (C=O) groups excluding carboxylic acids is 2. The normalized spacial score (nSPS) is 14.4. The quantitative estimate of drug-likeness (QED) is 0.276. The molecule has 1 unspecified atom stereocenters. The fraction of sp³-hybridized carbons (Fsp3) is 0.125. The first-order valence-corrected chi connectivity index (χ1v) is 12.7. The Labute approximate surface area is 226 Å². The number of aromatic amines is 1. The molecule has 5 aromatic rings. The molecule has 0 aliphatic carbocycles. The van der Waals surface area contributed by atoms with Crippen molar-refractivity contribution in [1.82, 2.24) is 9.88 Å². The number of rotatable bonds is 7. The number of methoxy groups -OCH3 is 2. The maximum atomic E-state index is 13.8. The minimum Gasteiger partial charge on any atom is -0.497 e. The van der Waals surface area contributed by atoms with E-state index in [1.54, 1.807) is 30.2 Å². The number of hydrogen-bond acceptors (Lipinski definition) is 4. The van der Waals surface area contributed by atoms with Gasteiger partial charge in [0.25, 0.3) is 5.91 Å². The number of para-hydroxylation sites is 1. The second-order valence-corrected chi connectivity index (χ2v) is 9.36. The zero-order valence-electron chi connectivity index (χ0n) is 21.6. The number of nitrogens with zero attached hydrogens (tertiary/aromatic N) is 1. The highest BCUT2D eigenvalue weighted by molar-refractivity contribution is 6.05. The van der Waals surface area contributed by atoms with Gasteiger partial charge in [-0.05, 0) is 35.4 Å². The lowest BCUT2D eigenvalue weighted by atomic mass is 9.93. The molecule has 39 heavy (non-hydrogen) atoms. The topological polar surface area (TPSA) is 83.7 Å². The molecule has 2 heterocycles. The smallest absolute Gasteiger partial charge is 0.255 e. The highest BCUT2D eigenvalue weighted by Gasteiger charge is 2.41. The Balaban J connectivity index is 1.45. The Morgan fingerprint density at radius 2 is 1.64 bits per heavy atom. The fourth-order valence-corrected chi connectivity index (χ4v) is 5.38. The Morgan fingerprint density at radius 3 is 2.44 bits per heavy atom. The van der Waals surface area contributed by atoms with E-state index >= 15 is 0 Å². The van der Waals surface area contributed by atoms with Crippen molar-refractivity contribution in [2.24, 2.45) is 0 Å². The van der Waals surface area contributed by atoms with Gasteiger partial charge in [0.1, 0.15) is 18.0 Å². The molecule has 1 aliphatic rings. The van der Waals surface area contributed by atoms with E-state index in [2.05, 4.69) is 16.4 Å². The van der Waals surface area contributed by atoms with Crippen LogP contribution in [0.25, 0.3) is 22.2 Å². The van der Waals surface area contributed by atoms with Crippen molar-refractivity contribution in [3.8, 4) is 22.8 Å². The highest BCUT2D eigenvalue weighted by Crippen LogP contribution is 2.45. The Hall–Kier alpha value is -5.04. The summed E-state index contributed by atoms with van der Waals surface area (Å²) in [7, 11) is 3.10. The molecular weight excluding hydrogens is 490 g/mol. The summed E-state index contributed by atoms with van der Waals surface area (Å²) in [4.78, 5) is 32.5. The molecule has 1 atom stereocenters. The lowest BCUT2D eigenvalue weighted by molar-refractivity contribution is -0.117. The third-order valence-corrected chi connectivity index (χ3v) is 7.14. The van der Waals surface area contributed by atoms with E-state index in [1.807, 2.05) is 72.8 Å². The number of hydrogen-bond donors (Lipinski definition) is 2. The summed E-state index contributed by atoms with van der Waals surface area (Å²) in [5, 5.41) is 3.92. The lowest BCUT2D eigenvalue weighted by Crippen LogP contribution is -2.36. The summed E-state index contributed by atoms with van der Waals surface area (Å²) >= 11 is 0. The number of fused-ring (bicyclic) bond motifs is 2. The summed E-state index contributed by atoms with van der Waals surface area (Å²) in [6.45, 7) is -0.147. The minimum atomic E-state index is -0.460. The Morgan fingerprint density at radius 1 is 0.897 bits per heavy atom. The van der Waals surface area contributed by atoms with Gasteiger partial charge >= 0.3 is 0 Å². The summed E-state index contributed by atoms with van der Waals surface area (Å²) in [6.07, 6.45) is 0.